The zero-order valence-corrected chi connectivity index (χ0v) is 18.7. The molecule has 7 heteroatoms. The minimum atomic E-state index is -0.862. The highest BCUT2D eigenvalue weighted by molar-refractivity contribution is 5.94. The van der Waals surface area contributed by atoms with Crippen molar-refractivity contribution in [2.45, 2.75) is 71.0 Å². The van der Waals surface area contributed by atoms with Crippen molar-refractivity contribution >= 4 is 12.0 Å². The van der Waals surface area contributed by atoms with Crippen LogP contribution in [0.1, 0.15) is 46.1 Å². The largest absolute Gasteiger partial charge is 0.447 e. The summed E-state index contributed by atoms with van der Waals surface area (Å²) in [5.41, 5.74) is 2.09. The number of aliphatic hydroxyl groups excluding tert-OH is 1. The van der Waals surface area contributed by atoms with E-state index in [2.05, 4.69) is 0 Å². The number of carbonyl (C=O) groups is 2. The number of imide groups is 1. The van der Waals surface area contributed by atoms with E-state index in [-0.39, 0.29) is 18.8 Å². The van der Waals surface area contributed by atoms with Crippen molar-refractivity contribution in [2.75, 3.05) is 13.2 Å². The molecule has 2 fully saturated rings. The van der Waals surface area contributed by atoms with Gasteiger partial charge in [-0.05, 0) is 45.6 Å². The maximum atomic E-state index is 13.0. The smallest absolute Gasteiger partial charge is 0.416 e. The highest BCUT2D eigenvalue weighted by Gasteiger charge is 2.41. The van der Waals surface area contributed by atoms with Crippen LogP contribution >= 0.6 is 0 Å². The lowest BCUT2D eigenvalue weighted by molar-refractivity contribution is -0.136. The number of cyclic esters (lactones) is 1. The van der Waals surface area contributed by atoms with Gasteiger partial charge in [0.05, 0.1) is 24.7 Å². The van der Waals surface area contributed by atoms with Gasteiger partial charge >= 0.3 is 6.09 Å². The van der Waals surface area contributed by atoms with Gasteiger partial charge in [0, 0.05) is 0 Å². The van der Waals surface area contributed by atoms with E-state index in [1.54, 1.807) is 6.92 Å². The van der Waals surface area contributed by atoms with Gasteiger partial charge in [0.25, 0.3) is 0 Å². The molecule has 0 spiro atoms. The Morgan fingerprint density at radius 1 is 1.29 bits per heavy atom. The SMILES string of the molecule is C/C(=C/C1COC(C)(C)O1)CC[C@H](O)[C@@H](C)C(=O)N1C(=O)OC[C@H]1Cc1ccccc1. The van der Waals surface area contributed by atoms with Gasteiger partial charge in [-0.2, -0.15) is 0 Å². The average molecular weight is 432 g/mol. The summed E-state index contributed by atoms with van der Waals surface area (Å²) in [5, 5.41) is 10.6. The summed E-state index contributed by atoms with van der Waals surface area (Å²) in [4.78, 5) is 26.4. The molecule has 3 rings (SSSR count). The molecule has 1 unspecified atom stereocenters. The predicted molar refractivity (Wildman–Crippen MR) is 115 cm³/mol. The van der Waals surface area contributed by atoms with Crippen molar-refractivity contribution in [1.82, 2.24) is 4.90 Å². The van der Waals surface area contributed by atoms with Crippen LogP contribution in [0.2, 0.25) is 0 Å². The molecule has 0 aromatic heterocycles. The fraction of sp³-hybridized carbons (Fsp3) is 0.583. The van der Waals surface area contributed by atoms with Crippen molar-refractivity contribution in [3.63, 3.8) is 0 Å². The minimum absolute atomic E-state index is 0.107. The summed E-state index contributed by atoms with van der Waals surface area (Å²) in [7, 11) is 0. The molecule has 0 bridgehead atoms. The number of aliphatic hydroxyl groups is 1. The fourth-order valence-electron chi connectivity index (χ4n) is 3.97. The van der Waals surface area contributed by atoms with Crippen molar-refractivity contribution < 1.29 is 28.9 Å². The van der Waals surface area contributed by atoms with Gasteiger partial charge in [0.1, 0.15) is 12.7 Å². The molecule has 170 valence electrons. The highest BCUT2D eigenvalue weighted by Crippen LogP contribution is 2.26. The number of hydrogen-bond acceptors (Lipinski definition) is 6. The zero-order valence-electron chi connectivity index (χ0n) is 18.7. The van der Waals surface area contributed by atoms with E-state index in [0.717, 1.165) is 11.1 Å². The van der Waals surface area contributed by atoms with Crippen LogP contribution in [0.3, 0.4) is 0 Å². The lowest BCUT2D eigenvalue weighted by atomic mass is 9.95. The van der Waals surface area contributed by atoms with Gasteiger partial charge in [0.2, 0.25) is 5.91 Å². The number of amides is 2. The minimum Gasteiger partial charge on any atom is -0.447 e. The number of ether oxygens (including phenoxy) is 3. The van der Waals surface area contributed by atoms with Crippen molar-refractivity contribution in [3.05, 3.63) is 47.5 Å². The molecule has 0 radical (unpaired) electrons. The van der Waals surface area contributed by atoms with Crippen LogP contribution < -0.4 is 0 Å². The van der Waals surface area contributed by atoms with Crippen LogP contribution in [-0.2, 0) is 25.4 Å². The van der Waals surface area contributed by atoms with Crippen LogP contribution in [0.4, 0.5) is 4.79 Å². The van der Waals surface area contributed by atoms with Gasteiger partial charge in [-0.25, -0.2) is 9.69 Å². The summed E-state index contributed by atoms with van der Waals surface area (Å²) >= 11 is 0. The summed E-state index contributed by atoms with van der Waals surface area (Å²) in [6.07, 6.45) is 1.96. The molecule has 0 aliphatic carbocycles. The number of hydrogen-bond donors (Lipinski definition) is 1. The lowest BCUT2D eigenvalue weighted by Crippen LogP contribution is -2.45. The van der Waals surface area contributed by atoms with Crippen LogP contribution in [0.5, 0.6) is 0 Å². The van der Waals surface area contributed by atoms with E-state index in [4.69, 9.17) is 14.2 Å². The van der Waals surface area contributed by atoms with E-state index in [1.807, 2.05) is 57.2 Å². The molecular formula is C24H33NO6. The summed E-state index contributed by atoms with van der Waals surface area (Å²) in [6.45, 7) is 8.06. The van der Waals surface area contributed by atoms with Gasteiger partial charge in [-0.15, -0.1) is 0 Å². The maximum absolute atomic E-state index is 13.0. The molecule has 31 heavy (non-hydrogen) atoms. The monoisotopic (exact) mass is 431 g/mol. The van der Waals surface area contributed by atoms with Crippen LogP contribution in [0, 0.1) is 5.92 Å². The van der Waals surface area contributed by atoms with Crippen molar-refractivity contribution in [3.8, 4) is 0 Å². The predicted octanol–water partition coefficient (Wildman–Crippen LogP) is 3.45. The molecule has 1 aromatic carbocycles. The molecular weight excluding hydrogens is 398 g/mol. The molecule has 2 amide bonds. The first-order chi connectivity index (χ1) is 14.7. The van der Waals surface area contributed by atoms with E-state index < -0.39 is 29.8 Å². The zero-order chi connectivity index (χ0) is 22.6. The Bertz CT molecular complexity index is 806. The third kappa shape index (κ3) is 6.15. The van der Waals surface area contributed by atoms with E-state index in [1.165, 1.54) is 4.90 Å². The number of carbonyl (C=O) groups excluding carboxylic acids is 2. The fourth-order valence-corrected chi connectivity index (χ4v) is 3.97. The Balaban J connectivity index is 1.54. The standard InChI is InChI=1S/C24H33NO6/c1-16(12-20-15-30-24(3,4)31-20)10-11-21(26)17(2)22(27)25-19(14-29-23(25)28)13-18-8-6-5-7-9-18/h5-9,12,17,19-21,26H,10-11,13-15H2,1-4H3/b16-12-/t17-,19-,20?,21+/m1/s1. The van der Waals surface area contributed by atoms with E-state index in [9.17, 15) is 14.7 Å². The summed E-state index contributed by atoms with van der Waals surface area (Å²) < 4.78 is 16.5. The molecule has 1 aromatic rings. The van der Waals surface area contributed by atoms with E-state index in [0.29, 0.717) is 25.9 Å². The maximum Gasteiger partial charge on any atom is 0.416 e. The molecule has 4 atom stereocenters. The van der Waals surface area contributed by atoms with Gasteiger partial charge in [0.15, 0.2) is 5.79 Å². The molecule has 2 heterocycles. The van der Waals surface area contributed by atoms with Gasteiger partial charge in [-0.3, -0.25) is 4.79 Å². The molecule has 2 aliphatic rings. The highest BCUT2D eigenvalue weighted by atomic mass is 16.7. The van der Waals surface area contributed by atoms with Gasteiger partial charge < -0.3 is 19.3 Å². The molecule has 7 nitrogen and oxygen atoms in total. The van der Waals surface area contributed by atoms with Crippen LogP contribution in [0.25, 0.3) is 0 Å². The Morgan fingerprint density at radius 3 is 2.65 bits per heavy atom. The van der Waals surface area contributed by atoms with E-state index >= 15 is 0 Å². The Kier molecular flexibility index (Phi) is 7.51. The molecule has 2 saturated heterocycles. The second-order valence-electron chi connectivity index (χ2n) is 8.90. The quantitative estimate of drug-likeness (QED) is 0.635. The average Bonchev–Trinajstić information content (AvgIpc) is 3.26. The molecule has 0 saturated carbocycles. The third-order valence-electron chi connectivity index (χ3n) is 5.81. The number of allylic oxidation sites excluding steroid dienone is 1. The Morgan fingerprint density at radius 2 is 2.00 bits per heavy atom. The second-order valence-corrected chi connectivity index (χ2v) is 8.90. The number of rotatable bonds is 8. The topological polar surface area (TPSA) is 85.3 Å². The first-order valence-corrected chi connectivity index (χ1v) is 10.9. The normalized spacial score (nSPS) is 25.4. The van der Waals surface area contributed by atoms with Crippen molar-refractivity contribution in [1.29, 1.82) is 0 Å². The first-order valence-electron chi connectivity index (χ1n) is 10.9. The van der Waals surface area contributed by atoms with Crippen molar-refractivity contribution in [2.24, 2.45) is 5.92 Å². The lowest BCUT2D eigenvalue weighted by Gasteiger charge is -2.25. The Hall–Kier alpha value is -2.22. The Labute approximate surface area is 184 Å². The summed E-state index contributed by atoms with van der Waals surface area (Å²) in [5.74, 6) is -1.68. The molecule has 1 N–H and O–H groups in total. The number of benzene rings is 1. The second kappa shape index (κ2) is 9.94. The first kappa shape index (κ1) is 23.4. The number of nitrogens with zero attached hydrogens (tertiary/aromatic N) is 1. The van der Waals surface area contributed by atoms with Gasteiger partial charge in [-0.1, -0.05) is 48.9 Å². The third-order valence-corrected chi connectivity index (χ3v) is 5.81. The summed E-state index contributed by atoms with van der Waals surface area (Å²) in [6, 6.07) is 9.32. The molecule has 2 aliphatic heterocycles. The van der Waals surface area contributed by atoms with Crippen LogP contribution in [0.15, 0.2) is 42.0 Å². The van der Waals surface area contributed by atoms with Crippen LogP contribution in [-0.4, -0.2) is 59.3 Å².